The van der Waals surface area contributed by atoms with Crippen LogP contribution in [0, 0.1) is 11.3 Å². The lowest BCUT2D eigenvalue weighted by Crippen LogP contribution is -2.32. The van der Waals surface area contributed by atoms with Gasteiger partial charge in [0.15, 0.2) is 6.61 Å². The van der Waals surface area contributed by atoms with E-state index in [1.807, 2.05) is 6.07 Å². The maximum atomic E-state index is 11.9. The molecule has 1 amide bonds. The van der Waals surface area contributed by atoms with E-state index in [2.05, 4.69) is 0 Å². The SMILES string of the molecule is CN(CCC#N)C(=O)COC(=O)c1c(Cl)ccc(Cl)c1Cl. The van der Waals surface area contributed by atoms with Gasteiger partial charge in [-0.3, -0.25) is 4.79 Å². The molecule has 0 saturated carbocycles. The van der Waals surface area contributed by atoms with E-state index in [4.69, 9.17) is 44.8 Å². The van der Waals surface area contributed by atoms with Crippen molar-refractivity contribution in [1.29, 1.82) is 5.26 Å². The van der Waals surface area contributed by atoms with Crippen LogP contribution in [-0.2, 0) is 9.53 Å². The van der Waals surface area contributed by atoms with Crippen LogP contribution < -0.4 is 0 Å². The van der Waals surface area contributed by atoms with Gasteiger partial charge in [0.2, 0.25) is 0 Å². The fraction of sp³-hybridized carbons (Fsp3) is 0.308. The van der Waals surface area contributed by atoms with Crippen molar-refractivity contribution in [2.45, 2.75) is 6.42 Å². The maximum Gasteiger partial charge on any atom is 0.341 e. The van der Waals surface area contributed by atoms with Gasteiger partial charge in [-0.2, -0.15) is 5.26 Å². The molecule has 1 aromatic rings. The molecule has 112 valence electrons. The second-order valence-corrected chi connectivity index (χ2v) is 5.21. The summed E-state index contributed by atoms with van der Waals surface area (Å²) in [5.41, 5.74) is -0.0849. The number of halogens is 3. The van der Waals surface area contributed by atoms with E-state index in [0.29, 0.717) is 0 Å². The Hall–Kier alpha value is -1.48. The Bertz CT molecular complexity index is 599. The molecule has 0 radical (unpaired) electrons. The summed E-state index contributed by atoms with van der Waals surface area (Å²) in [5.74, 6) is -1.28. The first kappa shape index (κ1) is 17.6. The van der Waals surface area contributed by atoms with E-state index < -0.39 is 18.5 Å². The number of likely N-dealkylation sites (N-methyl/N-ethyl adjacent to an activating group) is 1. The molecule has 0 aromatic heterocycles. The normalized spacial score (nSPS) is 9.86. The first-order valence-electron chi connectivity index (χ1n) is 5.80. The van der Waals surface area contributed by atoms with Gasteiger partial charge in [-0.1, -0.05) is 34.8 Å². The van der Waals surface area contributed by atoms with Crippen molar-refractivity contribution in [2.75, 3.05) is 20.2 Å². The van der Waals surface area contributed by atoms with Gasteiger partial charge in [-0.25, -0.2) is 4.79 Å². The quantitative estimate of drug-likeness (QED) is 0.604. The predicted octanol–water partition coefficient (Wildman–Crippen LogP) is 3.18. The maximum absolute atomic E-state index is 11.9. The van der Waals surface area contributed by atoms with Crippen molar-refractivity contribution in [1.82, 2.24) is 4.90 Å². The van der Waals surface area contributed by atoms with Crippen LogP contribution in [-0.4, -0.2) is 37.0 Å². The molecule has 1 aromatic carbocycles. The van der Waals surface area contributed by atoms with Crippen LogP contribution in [0.15, 0.2) is 12.1 Å². The predicted molar refractivity (Wildman–Crippen MR) is 79.6 cm³/mol. The highest BCUT2D eigenvalue weighted by atomic mass is 35.5. The van der Waals surface area contributed by atoms with Crippen LogP contribution >= 0.6 is 34.8 Å². The Morgan fingerprint density at radius 2 is 1.90 bits per heavy atom. The molecule has 5 nitrogen and oxygen atoms in total. The summed E-state index contributed by atoms with van der Waals surface area (Å²) in [7, 11) is 1.51. The lowest BCUT2D eigenvalue weighted by Gasteiger charge is -2.15. The fourth-order valence-corrected chi connectivity index (χ4v) is 2.05. The zero-order valence-corrected chi connectivity index (χ0v) is 13.3. The number of amides is 1. The topological polar surface area (TPSA) is 70.4 Å². The van der Waals surface area contributed by atoms with Crippen LogP contribution in [0.5, 0.6) is 0 Å². The average Bonchev–Trinajstić information content (AvgIpc) is 2.46. The Balaban J connectivity index is 2.69. The van der Waals surface area contributed by atoms with E-state index in [9.17, 15) is 9.59 Å². The third-order valence-corrected chi connectivity index (χ3v) is 3.68. The molecule has 0 fully saturated rings. The van der Waals surface area contributed by atoms with Crippen LogP contribution in [0.2, 0.25) is 15.1 Å². The molecular weight excluding hydrogens is 339 g/mol. The van der Waals surface area contributed by atoms with Crippen LogP contribution in [0.4, 0.5) is 0 Å². The first-order chi connectivity index (χ1) is 9.88. The molecule has 0 atom stereocenters. The minimum absolute atomic E-state index is 0.0283. The number of ether oxygens (including phenoxy) is 1. The summed E-state index contributed by atoms with van der Waals surface area (Å²) in [6.07, 6.45) is 0.197. The van der Waals surface area contributed by atoms with E-state index >= 15 is 0 Å². The molecule has 0 aliphatic carbocycles. The number of nitriles is 1. The lowest BCUT2D eigenvalue weighted by atomic mass is 10.2. The summed E-state index contributed by atoms with van der Waals surface area (Å²) in [6, 6.07) is 4.77. The highest BCUT2D eigenvalue weighted by molar-refractivity contribution is 6.46. The zero-order chi connectivity index (χ0) is 16.0. The second-order valence-electron chi connectivity index (χ2n) is 4.02. The summed E-state index contributed by atoms with van der Waals surface area (Å²) in [6.45, 7) is -0.217. The van der Waals surface area contributed by atoms with E-state index in [1.165, 1.54) is 24.1 Å². The molecule has 21 heavy (non-hydrogen) atoms. The number of nitrogens with zero attached hydrogens (tertiary/aromatic N) is 2. The number of esters is 1. The first-order valence-corrected chi connectivity index (χ1v) is 6.93. The molecule has 0 saturated heterocycles. The molecule has 0 unspecified atom stereocenters. The van der Waals surface area contributed by atoms with E-state index in [1.54, 1.807) is 0 Å². The number of hydrogen-bond donors (Lipinski definition) is 0. The van der Waals surface area contributed by atoms with Crippen molar-refractivity contribution >= 4 is 46.7 Å². The number of carbonyl (C=O) groups is 2. The van der Waals surface area contributed by atoms with Gasteiger partial charge in [0, 0.05) is 13.6 Å². The number of hydrogen-bond acceptors (Lipinski definition) is 4. The van der Waals surface area contributed by atoms with Crippen LogP contribution in [0.3, 0.4) is 0 Å². The summed E-state index contributed by atoms with van der Waals surface area (Å²) < 4.78 is 4.87. The highest BCUT2D eigenvalue weighted by Gasteiger charge is 2.20. The Labute approximate surface area is 136 Å². The van der Waals surface area contributed by atoms with Crippen molar-refractivity contribution in [2.24, 2.45) is 0 Å². The standard InChI is InChI=1S/C13H11Cl3N2O3/c1-18(6-2-5-17)10(19)7-21-13(20)11-8(14)3-4-9(15)12(11)16/h3-4H,2,6-7H2,1H3. The van der Waals surface area contributed by atoms with Gasteiger partial charge in [-0.05, 0) is 12.1 Å². The fourth-order valence-electron chi connectivity index (χ4n) is 1.37. The zero-order valence-electron chi connectivity index (χ0n) is 11.0. The van der Waals surface area contributed by atoms with Gasteiger partial charge < -0.3 is 9.64 Å². The largest absolute Gasteiger partial charge is 0.452 e. The van der Waals surface area contributed by atoms with Crippen molar-refractivity contribution in [3.8, 4) is 6.07 Å². The van der Waals surface area contributed by atoms with Gasteiger partial charge in [-0.15, -0.1) is 0 Å². The lowest BCUT2D eigenvalue weighted by molar-refractivity contribution is -0.133. The summed E-state index contributed by atoms with van der Waals surface area (Å²) in [4.78, 5) is 24.9. The molecule has 1 rings (SSSR count). The molecule has 0 heterocycles. The molecule has 0 N–H and O–H groups in total. The summed E-state index contributed by atoms with van der Waals surface area (Å²) >= 11 is 17.6. The van der Waals surface area contributed by atoms with Crippen LogP contribution in [0.25, 0.3) is 0 Å². The third kappa shape index (κ3) is 4.78. The van der Waals surface area contributed by atoms with E-state index in [0.717, 1.165) is 0 Å². The third-order valence-electron chi connectivity index (χ3n) is 2.56. The molecule has 8 heteroatoms. The minimum atomic E-state index is -0.838. The number of benzene rings is 1. The van der Waals surface area contributed by atoms with Gasteiger partial charge in [0.05, 0.1) is 33.1 Å². The second kappa shape index (κ2) is 8.08. The Morgan fingerprint density at radius 3 is 2.52 bits per heavy atom. The molecular formula is C13H11Cl3N2O3. The minimum Gasteiger partial charge on any atom is -0.452 e. The van der Waals surface area contributed by atoms with Crippen LogP contribution in [0.1, 0.15) is 16.8 Å². The molecule has 0 aliphatic rings. The van der Waals surface area contributed by atoms with Gasteiger partial charge in [0.25, 0.3) is 5.91 Å². The smallest absolute Gasteiger partial charge is 0.341 e. The van der Waals surface area contributed by atoms with Crippen molar-refractivity contribution in [3.63, 3.8) is 0 Å². The summed E-state index contributed by atoms with van der Waals surface area (Å²) in [5, 5.41) is 8.65. The molecule has 0 spiro atoms. The monoisotopic (exact) mass is 348 g/mol. The van der Waals surface area contributed by atoms with Gasteiger partial charge in [0.1, 0.15) is 0 Å². The highest BCUT2D eigenvalue weighted by Crippen LogP contribution is 2.31. The van der Waals surface area contributed by atoms with Crippen molar-refractivity contribution < 1.29 is 14.3 Å². The Kier molecular flexibility index (Phi) is 6.76. The average molecular weight is 350 g/mol. The van der Waals surface area contributed by atoms with Gasteiger partial charge >= 0.3 is 5.97 Å². The number of rotatable bonds is 5. The number of carbonyl (C=O) groups excluding carboxylic acids is 2. The van der Waals surface area contributed by atoms with E-state index in [-0.39, 0.29) is 33.6 Å². The Morgan fingerprint density at radius 1 is 1.29 bits per heavy atom. The molecule has 0 bridgehead atoms. The molecule has 0 aliphatic heterocycles. The van der Waals surface area contributed by atoms with Crippen molar-refractivity contribution in [3.05, 3.63) is 32.8 Å².